The zero-order chi connectivity index (χ0) is 44.4. The highest BCUT2D eigenvalue weighted by Crippen LogP contribution is 2.16. The molecule has 0 heterocycles. The van der Waals surface area contributed by atoms with E-state index in [1.165, 1.54) is 167 Å². The summed E-state index contributed by atoms with van der Waals surface area (Å²) in [6.45, 7) is 6.62. The lowest BCUT2D eigenvalue weighted by molar-refractivity contribution is -0.167. The summed E-state index contributed by atoms with van der Waals surface area (Å²) in [5.74, 6) is -0.869. The first-order chi connectivity index (χ1) is 30.0. The minimum absolute atomic E-state index is 0.0719. The molecule has 61 heavy (non-hydrogen) atoms. The molecule has 0 spiro atoms. The summed E-state index contributed by atoms with van der Waals surface area (Å²) < 4.78 is 16.8. The second-order valence-electron chi connectivity index (χ2n) is 18.2. The number of esters is 3. The largest absolute Gasteiger partial charge is 0.462 e. The van der Waals surface area contributed by atoms with Crippen molar-refractivity contribution in [3.8, 4) is 0 Å². The van der Waals surface area contributed by atoms with E-state index in [4.69, 9.17) is 14.2 Å². The SMILES string of the molecule is CCCC/C=C/C/C=C/CCCCCCCC(=O)O[C@H](COC(=O)CCCCCCCCCCCCCCCC)COC(=O)CCCCCCCCCCCCCCCCC. The van der Waals surface area contributed by atoms with Gasteiger partial charge in [-0.05, 0) is 44.9 Å². The second-order valence-corrected chi connectivity index (χ2v) is 18.2. The molecule has 358 valence electrons. The number of rotatable bonds is 49. The Morgan fingerprint density at radius 1 is 0.328 bits per heavy atom. The average Bonchev–Trinajstić information content (AvgIpc) is 3.26. The molecule has 0 bridgehead atoms. The van der Waals surface area contributed by atoms with Crippen LogP contribution in [-0.4, -0.2) is 37.2 Å². The fourth-order valence-corrected chi connectivity index (χ4v) is 7.87. The molecule has 0 saturated heterocycles. The summed E-state index contributed by atoms with van der Waals surface area (Å²) in [7, 11) is 0. The van der Waals surface area contributed by atoms with Gasteiger partial charge in [-0.2, -0.15) is 0 Å². The Morgan fingerprint density at radius 3 is 0.951 bits per heavy atom. The average molecular weight is 859 g/mol. The van der Waals surface area contributed by atoms with Gasteiger partial charge in [0.25, 0.3) is 0 Å². The van der Waals surface area contributed by atoms with Crippen LogP contribution in [0, 0.1) is 0 Å². The Labute approximate surface area is 379 Å². The van der Waals surface area contributed by atoms with Crippen molar-refractivity contribution in [3.63, 3.8) is 0 Å². The van der Waals surface area contributed by atoms with Crippen LogP contribution in [0.4, 0.5) is 0 Å². The van der Waals surface area contributed by atoms with Crippen molar-refractivity contribution >= 4 is 17.9 Å². The highest BCUT2D eigenvalue weighted by atomic mass is 16.6. The monoisotopic (exact) mass is 859 g/mol. The Bertz CT molecular complexity index is 989. The quantitative estimate of drug-likeness (QED) is 0.0262. The first kappa shape index (κ1) is 58.9. The van der Waals surface area contributed by atoms with Crippen molar-refractivity contribution in [2.45, 2.75) is 297 Å². The van der Waals surface area contributed by atoms with Crippen LogP contribution in [0.3, 0.4) is 0 Å². The molecule has 0 rings (SSSR count). The predicted octanol–water partition coefficient (Wildman–Crippen LogP) is 17.5. The summed E-state index contributed by atoms with van der Waals surface area (Å²) in [4.78, 5) is 38.0. The third-order valence-corrected chi connectivity index (χ3v) is 12.0. The molecule has 0 amide bonds. The van der Waals surface area contributed by atoms with E-state index in [0.717, 1.165) is 83.5 Å². The van der Waals surface area contributed by atoms with Gasteiger partial charge in [0.15, 0.2) is 6.10 Å². The topological polar surface area (TPSA) is 78.9 Å². The van der Waals surface area contributed by atoms with Crippen LogP contribution in [0.25, 0.3) is 0 Å². The van der Waals surface area contributed by atoms with E-state index in [1.807, 2.05) is 0 Å². The number of carbonyl (C=O) groups excluding carboxylic acids is 3. The van der Waals surface area contributed by atoms with Gasteiger partial charge in [-0.25, -0.2) is 0 Å². The molecule has 0 aliphatic carbocycles. The van der Waals surface area contributed by atoms with Crippen LogP contribution in [0.5, 0.6) is 0 Å². The number of allylic oxidation sites excluding steroid dienone is 4. The number of hydrogen-bond acceptors (Lipinski definition) is 6. The fraction of sp³-hybridized carbons (Fsp3) is 0.873. The van der Waals surface area contributed by atoms with E-state index in [9.17, 15) is 14.4 Å². The van der Waals surface area contributed by atoms with Gasteiger partial charge in [-0.3, -0.25) is 14.4 Å². The normalized spacial score (nSPS) is 12.1. The Hall–Kier alpha value is -2.11. The summed E-state index contributed by atoms with van der Waals surface area (Å²) >= 11 is 0. The van der Waals surface area contributed by atoms with Crippen molar-refractivity contribution in [1.29, 1.82) is 0 Å². The maximum atomic E-state index is 12.8. The molecule has 0 aliphatic rings. The van der Waals surface area contributed by atoms with Gasteiger partial charge < -0.3 is 14.2 Å². The third-order valence-electron chi connectivity index (χ3n) is 12.0. The lowest BCUT2D eigenvalue weighted by Crippen LogP contribution is -2.30. The number of carbonyl (C=O) groups is 3. The molecule has 6 nitrogen and oxygen atoms in total. The van der Waals surface area contributed by atoms with E-state index in [1.54, 1.807) is 0 Å². The van der Waals surface area contributed by atoms with E-state index in [0.29, 0.717) is 19.3 Å². The Morgan fingerprint density at radius 2 is 0.607 bits per heavy atom. The van der Waals surface area contributed by atoms with Crippen molar-refractivity contribution in [1.82, 2.24) is 0 Å². The maximum absolute atomic E-state index is 12.8. The van der Waals surface area contributed by atoms with E-state index >= 15 is 0 Å². The summed E-state index contributed by atoms with van der Waals surface area (Å²) in [5.41, 5.74) is 0. The van der Waals surface area contributed by atoms with Crippen molar-refractivity contribution in [3.05, 3.63) is 24.3 Å². The van der Waals surface area contributed by atoms with Gasteiger partial charge >= 0.3 is 17.9 Å². The Kier molecular flexibility index (Phi) is 48.8. The molecule has 0 saturated carbocycles. The molecule has 0 aromatic rings. The first-order valence-electron chi connectivity index (χ1n) is 26.8. The molecule has 1 atom stereocenters. The predicted molar refractivity (Wildman–Crippen MR) is 261 cm³/mol. The summed E-state index contributed by atoms with van der Waals surface area (Å²) in [5, 5.41) is 0. The zero-order valence-corrected chi connectivity index (χ0v) is 40.9. The molecule has 0 aliphatic heterocycles. The van der Waals surface area contributed by atoms with Gasteiger partial charge in [-0.1, -0.05) is 251 Å². The van der Waals surface area contributed by atoms with Crippen molar-refractivity contribution < 1.29 is 28.6 Å². The summed E-state index contributed by atoms with van der Waals surface area (Å²) in [6.07, 6.45) is 57.3. The van der Waals surface area contributed by atoms with Crippen LogP contribution in [0.1, 0.15) is 290 Å². The van der Waals surface area contributed by atoms with E-state index in [2.05, 4.69) is 45.1 Å². The lowest BCUT2D eigenvalue weighted by atomic mass is 10.0. The number of hydrogen-bond donors (Lipinski definition) is 0. The van der Waals surface area contributed by atoms with Crippen LogP contribution in [0.15, 0.2) is 24.3 Å². The highest BCUT2D eigenvalue weighted by Gasteiger charge is 2.19. The molecule has 6 heteroatoms. The van der Waals surface area contributed by atoms with Crippen molar-refractivity contribution in [2.24, 2.45) is 0 Å². The molecule has 0 N–H and O–H groups in total. The molecular formula is C55H102O6. The molecule has 0 radical (unpaired) electrons. The van der Waals surface area contributed by atoms with E-state index < -0.39 is 6.10 Å². The van der Waals surface area contributed by atoms with Gasteiger partial charge in [-0.15, -0.1) is 0 Å². The van der Waals surface area contributed by atoms with Crippen LogP contribution < -0.4 is 0 Å². The molecule has 0 aromatic heterocycles. The third kappa shape index (κ3) is 48.8. The van der Waals surface area contributed by atoms with Crippen molar-refractivity contribution in [2.75, 3.05) is 13.2 Å². The molecule has 0 unspecified atom stereocenters. The lowest BCUT2D eigenvalue weighted by Gasteiger charge is -2.18. The minimum atomic E-state index is -0.772. The van der Waals surface area contributed by atoms with Gasteiger partial charge in [0.05, 0.1) is 0 Å². The van der Waals surface area contributed by atoms with Gasteiger partial charge in [0.2, 0.25) is 0 Å². The number of unbranched alkanes of at least 4 members (excludes halogenated alkanes) is 34. The molecular weight excluding hydrogens is 757 g/mol. The fourth-order valence-electron chi connectivity index (χ4n) is 7.87. The number of ether oxygens (including phenoxy) is 3. The van der Waals surface area contributed by atoms with E-state index in [-0.39, 0.29) is 31.1 Å². The second kappa shape index (κ2) is 50.5. The smallest absolute Gasteiger partial charge is 0.306 e. The standard InChI is InChI=1S/C55H102O6/c1-4-7-10-13-16-19-22-25-28-31-33-36-39-42-45-48-54(57)60-51-52(61-55(58)49-46-43-40-37-34-30-27-24-21-18-15-12-9-6-3)50-59-53(56)47-44-41-38-35-32-29-26-23-20-17-14-11-8-5-2/h15,18,24,27,52H,4-14,16-17,19-23,25-26,28-51H2,1-3H3/b18-15+,27-24+/t52-/m1/s1. The maximum Gasteiger partial charge on any atom is 0.306 e. The first-order valence-corrected chi connectivity index (χ1v) is 26.8. The summed E-state index contributed by atoms with van der Waals surface area (Å²) in [6, 6.07) is 0. The highest BCUT2D eigenvalue weighted by molar-refractivity contribution is 5.71. The molecule has 0 fully saturated rings. The van der Waals surface area contributed by atoms with Gasteiger partial charge in [0.1, 0.15) is 13.2 Å². The van der Waals surface area contributed by atoms with Gasteiger partial charge in [0, 0.05) is 19.3 Å². The van der Waals surface area contributed by atoms with Crippen LogP contribution in [-0.2, 0) is 28.6 Å². The molecule has 0 aromatic carbocycles. The minimum Gasteiger partial charge on any atom is -0.462 e. The zero-order valence-electron chi connectivity index (χ0n) is 40.9. The van der Waals surface area contributed by atoms with Crippen LogP contribution in [0.2, 0.25) is 0 Å². The Balaban J connectivity index is 4.35. The van der Waals surface area contributed by atoms with Crippen LogP contribution >= 0.6 is 0 Å².